The minimum atomic E-state index is 0.508. The molecular formula is C21H32N4O. The molecule has 0 aromatic heterocycles. The summed E-state index contributed by atoms with van der Waals surface area (Å²) in [6.45, 7) is 7.59. The molecule has 3 rings (SSSR count). The summed E-state index contributed by atoms with van der Waals surface area (Å²) in [5.41, 5.74) is 1.35. The van der Waals surface area contributed by atoms with Crippen LogP contribution in [0.3, 0.4) is 0 Å². The van der Waals surface area contributed by atoms with Crippen molar-refractivity contribution in [1.82, 2.24) is 15.1 Å². The van der Waals surface area contributed by atoms with Crippen molar-refractivity contribution in [3.63, 3.8) is 0 Å². The van der Waals surface area contributed by atoms with Gasteiger partial charge in [0.15, 0.2) is 5.96 Å². The van der Waals surface area contributed by atoms with Crippen LogP contribution in [0.2, 0.25) is 0 Å². The molecule has 26 heavy (non-hydrogen) atoms. The summed E-state index contributed by atoms with van der Waals surface area (Å²) < 4.78 is 5.24. The summed E-state index contributed by atoms with van der Waals surface area (Å²) in [7, 11) is 3.59. The van der Waals surface area contributed by atoms with Crippen molar-refractivity contribution in [2.45, 2.75) is 31.7 Å². The minimum absolute atomic E-state index is 0.508. The lowest BCUT2D eigenvalue weighted by atomic mass is 9.98. The molecule has 0 aliphatic carbocycles. The lowest BCUT2D eigenvalue weighted by Gasteiger charge is -2.25. The van der Waals surface area contributed by atoms with Gasteiger partial charge in [0.05, 0.1) is 7.11 Å². The Balaban J connectivity index is 1.44. The quantitative estimate of drug-likeness (QED) is 0.483. The van der Waals surface area contributed by atoms with Crippen LogP contribution in [0.1, 0.15) is 31.2 Å². The smallest absolute Gasteiger partial charge is 0.193 e. The second-order valence-electron chi connectivity index (χ2n) is 7.25. The highest BCUT2D eigenvalue weighted by Gasteiger charge is 2.29. The molecule has 142 valence electrons. The number of nitrogens with one attached hydrogen (secondary N) is 1. The lowest BCUT2D eigenvalue weighted by molar-refractivity contribution is 0.259. The van der Waals surface area contributed by atoms with Crippen LogP contribution >= 0.6 is 0 Å². The molecule has 0 bridgehead atoms. The van der Waals surface area contributed by atoms with Crippen molar-refractivity contribution in [3.8, 4) is 5.75 Å². The third kappa shape index (κ3) is 4.58. The van der Waals surface area contributed by atoms with Gasteiger partial charge in [-0.15, -0.1) is 0 Å². The highest BCUT2D eigenvalue weighted by atomic mass is 16.5. The average Bonchev–Trinajstić information content (AvgIpc) is 3.36. The number of hydrogen-bond donors (Lipinski definition) is 1. The standard InChI is InChI=1S/C21H32N4O/c1-17(18-6-8-20(26-3)9-7-18)10-12-23-21(22-2)25-15-11-19(16-25)24-13-4-5-14-24/h4-9,17,19H,10-16H2,1-3H3,(H,22,23). The fraction of sp³-hybridized carbons (Fsp3) is 0.571. The van der Waals surface area contributed by atoms with Crippen LogP contribution in [0.25, 0.3) is 0 Å². The van der Waals surface area contributed by atoms with Gasteiger partial charge in [0.2, 0.25) is 0 Å². The lowest BCUT2D eigenvalue weighted by Crippen LogP contribution is -2.43. The maximum absolute atomic E-state index is 5.24. The van der Waals surface area contributed by atoms with Crippen molar-refractivity contribution in [3.05, 3.63) is 42.0 Å². The first-order valence-electron chi connectivity index (χ1n) is 9.70. The first-order chi connectivity index (χ1) is 12.7. The van der Waals surface area contributed by atoms with Crippen LogP contribution in [-0.2, 0) is 0 Å². The normalized spacial score (nSPS) is 22.0. The van der Waals surface area contributed by atoms with E-state index in [0.29, 0.717) is 12.0 Å². The van der Waals surface area contributed by atoms with Gasteiger partial charge < -0.3 is 15.0 Å². The predicted octanol–water partition coefficient (Wildman–Crippen LogP) is 2.71. The zero-order valence-electron chi connectivity index (χ0n) is 16.3. The number of guanidine groups is 1. The van der Waals surface area contributed by atoms with Gasteiger partial charge in [-0.3, -0.25) is 9.89 Å². The third-order valence-corrected chi connectivity index (χ3v) is 5.58. The molecule has 1 saturated heterocycles. The molecule has 1 aromatic carbocycles. The summed E-state index contributed by atoms with van der Waals surface area (Å²) in [6, 6.07) is 9.05. The Bertz CT molecular complexity index is 617. The third-order valence-electron chi connectivity index (χ3n) is 5.58. The molecule has 0 amide bonds. The molecule has 0 saturated carbocycles. The Morgan fingerprint density at radius 1 is 1.27 bits per heavy atom. The topological polar surface area (TPSA) is 40.1 Å². The fourth-order valence-corrected chi connectivity index (χ4v) is 3.86. The van der Waals surface area contributed by atoms with E-state index >= 15 is 0 Å². The predicted molar refractivity (Wildman–Crippen MR) is 108 cm³/mol. The summed E-state index contributed by atoms with van der Waals surface area (Å²) in [4.78, 5) is 9.46. The first kappa shape index (κ1) is 18.8. The maximum atomic E-state index is 5.24. The van der Waals surface area contributed by atoms with Gasteiger partial charge in [-0.2, -0.15) is 0 Å². The van der Waals surface area contributed by atoms with E-state index in [1.165, 1.54) is 12.0 Å². The molecule has 0 spiro atoms. The van der Waals surface area contributed by atoms with E-state index in [1.54, 1.807) is 7.11 Å². The average molecular weight is 357 g/mol. The number of hydrogen-bond acceptors (Lipinski definition) is 3. The van der Waals surface area contributed by atoms with E-state index in [9.17, 15) is 0 Å². The summed E-state index contributed by atoms with van der Waals surface area (Å²) in [5, 5.41) is 3.56. The second kappa shape index (κ2) is 9.08. The van der Waals surface area contributed by atoms with E-state index < -0.39 is 0 Å². The number of likely N-dealkylation sites (tertiary alicyclic amines) is 1. The van der Waals surface area contributed by atoms with E-state index in [4.69, 9.17) is 4.74 Å². The zero-order valence-corrected chi connectivity index (χ0v) is 16.3. The van der Waals surface area contributed by atoms with Crippen LogP contribution in [0.4, 0.5) is 0 Å². The molecule has 2 unspecified atom stereocenters. The molecule has 5 nitrogen and oxygen atoms in total. The van der Waals surface area contributed by atoms with Crippen molar-refractivity contribution in [1.29, 1.82) is 0 Å². The molecule has 1 aromatic rings. The van der Waals surface area contributed by atoms with Crippen LogP contribution in [-0.4, -0.2) is 68.7 Å². The largest absolute Gasteiger partial charge is 0.497 e. The molecule has 1 N–H and O–H groups in total. The highest BCUT2D eigenvalue weighted by Crippen LogP contribution is 2.22. The van der Waals surface area contributed by atoms with Gasteiger partial charge in [0.25, 0.3) is 0 Å². The number of benzene rings is 1. The Kier molecular flexibility index (Phi) is 6.56. The first-order valence-corrected chi connectivity index (χ1v) is 9.70. The minimum Gasteiger partial charge on any atom is -0.497 e. The summed E-state index contributed by atoms with van der Waals surface area (Å²) in [6.07, 6.45) is 6.86. The zero-order chi connectivity index (χ0) is 18.4. The van der Waals surface area contributed by atoms with Crippen molar-refractivity contribution in [2.75, 3.05) is 46.9 Å². The molecule has 2 aliphatic rings. The fourth-order valence-electron chi connectivity index (χ4n) is 3.86. The van der Waals surface area contributed by atoms with Gasteiger partial charge in [-0.1, -0.05) is 31.2 Å². The number of aliphatic imine (C=N–C) groups is 1. The number of rotatable bonds is 6. The monoisotopic (exact) mass is 356 g/mol. The Hall–Kier alpha value is -2.01. The van der Waals surface area contributed by atoms with Crippen LogP contribution in [0, 0.1) is 0 Å². The second-order valence-corrected chi connectivity index (χ2v) is 7.25. The van der Waals surface area contributed by atoms with E-state index in [0.717, 1.165) is 50.9 Å². The SMILES string of the molecule is CN=C(NCCC(C)c1ccc(OC)cc1)N1CCC(N2CC=CC2)C1. The van der Waals surface area contributed by atoms with E-state index in [1.807, 2.05) is 19.2 Å². The van der Waals surface area contributed by atoms with Crippen molar-refractivity contribution in [2.24, 2.45) is 4.99 Å². The molecule has 0 radical (unpaired) electrons. The molecule has 1 fully saturated rings. The molecule has 2 aliphatic heterocycles. The molecular weight excluding hydrogens is 324 g/mol. The van der Waals surface area contributed by atoms with E-state index in [2.05, 4.69) is 51.3 Å². The Morgan fingerprint density at radius 3 is 2.65 bits per heavy atom. The number of ether oxygens (including phenoxy) is 1. The number of methoxy groups -OCH3 is 1. The van der Waals surface area contributed by atoms with E-state index in [-0.39, 0.29) is 0 Å². The van der Waals surface area contributed by atoms with Gasteiger partial charge in [0, 0.05) is 45.8 Å². The molecule has 5 heteroatoms. The van der Waals surface area contributed by atoms with Gasteiger partial charge in [-0.25, -0.2) is 0 Å². The highest BCUT2D eigenvalue weighted by molar-refractivity contribution is 5.80. The van der Waals surface area contributed by atoms with Crippen LogP contribution < -0.4 is 10.1 Å². The van der Waals surface area contributed by atoms with Gasteiger partial charge in [0.1, 0.15) is 5.75 Å². The van der Waals surface area contributed by atoms with Gasteiger partial charge >= 0.3 is 0 Å². The maximum Gasteiger partial charge on any atom is 0.193 e. The Labute approximate surface area is 157 Å². The van der Waals surface area contributed by atoms with Crippen LogP contribution in [0.15, 0.2) is 41.4 Å². The van der Waals surface area contributed by atoms with Crippen molar-refractivity contribution >= 4 is 5.96 Å². The summed E-state index contributed by atoms with van der Waals surface area (Å²) in [5.74, 6) is 2.46. The molecule has 2 heterocycles. The van der Waals surface area contributed by atoms with Crippen LogP contribution in [0.5, 0.6) is 5.75 Å². The Morgan fingerprint density at radius 2 is 2.00 bits per heavy atom. The summed E-state index contributed by atoms with van der Waals surface area (Å²) >= 11 is 0. The van der Waals surface area contributed by atoms with Crippen molar-refractivity contribution < 1.29 is 4.74 Å². The molecule has 2 atom stereocenters. The van der Waals surface area contributed by atoms with Gasteiger partial charge in [-0.05, 0) is 36.5 Å². The number of nitrogens with zero attached hydrogens (tertiary/aromatic N) is 3.